The lowest BCUT2D eigenvalue weighted by Crippen LogP contribution is -2.28. The summed E-state index contributed by atoms with van der Waals surface area (Å²) in [4.78, 5) is 32.7. The molecule has 0 fully saturated rings. The summed E-state index contributed by atoms with van der Waals surface area (Å²) in [5, 5.41) is 13.2. The summed E-state index contributed by atoms with van der Waals surface area (Å²) in [5.41, 5.74) is -0.504. The van der Waals surface area contributed by atoms with Crippen LogP contribution >= 0.6 is 0 Å². The molecule has 8 heteroatoms. The van der Waals surface area contributed by atoms with Crippen molar-refractivity contribution in [2.24, 2.45) is 0 Å². The zero-order valence-corrected chi connectivity index (χ0v) is 11.9. The number of rotatable bonds is 4. The first-order valence-electron chi connectivity index (χ1n) is 6.09. The Balaban J connectivity index is 2.48. The molecule has 0 aliphatic heterocycles. The van der Waals surface area contributed by atoms with Crippen molar-refractivity contribution in [2.75, 3.05) is 11.9 Å². The van der Waals surface area contributed by atoms with Crippen LogP contribution in [0.15, 0.2) is 24.3 Å². The van der Waals surface area contributed by atoms with Crippen molar-refractivity contribution in [1.29, 1.82) is 0 Å². The predicted molar refractivity (Wildman–Crippen MR) is 73.9 cm³/mol. The highest BCUT2D eigenvalue weighted by Crippen LogP contribution is 2.16. The van der Waals surface area contributed by atoms with Gasteiger partial charge in [-0.15, -0.1) is 0 Å². The number of anilines is 1. The minimum Gasteiger partial charge on any atom is -0.428 e. The molecule has 1 aromatic carbocycles. The lowest BCUT2D eigenvalue weighted by Gasteiger charge is -2.18. The molecular weight excluding hydrogens is 280 g/mol. The van der Waals surface area contributed by atoms with Gasteiger partial charge in [0.1, 0.15) is 12.1 Å². The van der Waals surface area contributed by atoms with E-state index in [-0.39, 0.29) is 12.2 Å². The standard InChI is InChI=1S/C13H16N2O6/c1-13(2,3)21-12(17)20-11(16)8-14-9-5-4-6-10(7-9)15(18)19/h4-7,14H,8H2,1-3H3. The first kappa shape index (κ1) is 16.4. The van der Waals surface area contributed by atoms with Crippen molar-refractivity contribution in [2.45, 2.75) is 26.4 Å². The van der Waals surface area contributed by atoms with E-state index in [0.29, 0.717) is 5.69 Å². The van der Waals surface area contributed by atoms with Gasteiger partial charge in [-0.05, 0) is 26.8 Å². The highest BCUT2D eigenvalue weighted by atomic mass is 16.7. The van der Waals surface area contributed by atoms with Crippen molar-refractivity contribution in [1.82, 2.24) is 0 Å². The van der Waals surface area contributed by atoms with Crippen LogP contribution < -0.4 is 5.32 Å². The number of ether oxygens (including phenoxy) is 2. The van der Waals surface area contributed by atoms with Crippen molar-refractivity contribution >= 4 is 23.5 Å². The van der Waals surface area contributed by atoms with Crippen LogP contribution in [-0.2, 0) is 14.3 Å². The molecule has 1 aromatic rings. The predicted octanol–water partition coefficient (Wildman–Crippen LogP) is 2.49. The number of non-ortho nitro benzene ring substituents is 1. The second-order valence-corrected chi connectivity index (χ2v) is 5.10. The van der Waals surface area contributed by atoms with Crippen LogP contribution in [-0.4, -0.2) is 29.2 Å². The second kappa shape index (κ2) is 6.69. The Kier molecular flexibility index (Phi) is 5.23. The van der Waals surface area contributed by atoms with E-state index in [0.717, 1.165) is 0 Å². The SMILES string of the molecule is CC(C)(C)OC(=O)OC(=O)CNc1cccc([N+](=O)[O-])c1. The fourth-order valence-corrected chi connectivity index (χ4v) is 1.30. The van der Waals surface area contributed by atoms with Crippen molar-refractivity contribution in [3.8, 4) is 0 Å². The summed E-state index contributed by atoms with van der Waals surface area (Å²) < 4.78 is 9.24. The summed E-state index contributed by atoms with van der Waals surface area (Å²) in [7, 11) is 0. The van der Waals surface area contributed by atoms with Gasteiger partial charge in [0.25, 0.3) is 5.69 Å². The normalized spacial score (nSPS) is 10.6. The topological polar surface area (TPSA) is 108 Å². The molecule has 0 aromatic heterocycles. The minimum absolute atomic E-state index is 0.111. The molecule has 114 valence electrons. The summed E-state index contributed by atoms with van der Waals surface area (Å²) in [6.45, 7) is 4.60. The summed E-state index contributed by atoms with van der Waals surface area (Å²) in [6.07, 6.45) is -1.09. The van der Waals surface area contributed by atoms with E-state index in [1.807, 2.05) is 0 Å². The van der Waals surface area contributed by atoms with E-state index < -0.39 is 22.6 Å². The third-order valence-electron chi connectivity index (χ3n) is 2.08. The molecule has 0 aliphatic carbocycles. The van der Waals surface area contributed by atoms with Gasteiger partial charge in [-0.25, -0.2) is 9.59 Å². The Morgan fingerprint density at radius 1 is 1.33 bits per heavy atom. The maximum Gasteiger partial charge on any atom is 0.516 e. The molecule has 0 saturated heterocycles. The summed E-state index contributed by atoms with van der Waals surface area (Å²) >= 11 is 0. The monoisotopic (exact) mass is 296 g/mol. The number of nitro groups is 1. The van der Waals surface area contributed by atoms with Gasteiger partial charge in [0, 0.05) is 17.8 Å². The number of nitrogens with one attached hydrogen (secondary N) is 1. The fraction of sp³-hybridized carbons (Fsp3) is 0.385. The van der Waals surface area contributed by atoms with Gasteiger partial charge in [-0.2, -0.15) is 0 Å². The lowest BCUT2D eigenvalue weighted by molar-refractivity contribution is -0.384. The van der Waals surface area contributed by atoms with Crippen LogP contribution in [0.4, 0.5) is 16.2 Å². The van der Waals surface area contributed by atoms with Gasteiger partial charge < -0.3 is 14.8 Å². The van der Waals surface area contributed by atoms with Crippen LogP contribution in [0.2, 0.25) is 0 Å². The van der Waals surface area contributed by atoms with Crippen LogP contribution in [0.25, 0.3) is 0 Å². The van der Waals surface area contributed by atoms with Gasteiger partial charge in [0.05, 0.1) is 4.92 Å². The van der Waals surface area contributed by atoms with E-state index in [1.54, 1.807) is 26.8 Å². The van der Waals surface area contributed by atoms with Crippen molar-refractivity contribution in [3.63, 3.8) is 0 Å². The Labute approximate surface area is 121 Å². The van der Waals surface area contributed by atoms with Gasteiger partial charge in [-0.1, -0.05) is 6.07 Å². The van der Waals surface area contributed by atoms with Gasteiger partial charge in [-0.3, -0.25) is 10.1 Å². The van der Waals surface area contributed by atoms with Gasteiger partial charge >= 0.3 is 12.1 Å². The zero-order valence-electron chi connectivity index (χ0n) is 11.9. The number of nitrogens with zero attached hydrogens (tertiary/aromatic N) is 1. The molecule has 1 rings (SSSR count). The smallest absolute Gasteiger partial charge is 0.428 e. The highest BCUT2D eigenvalue weighted by molar-refractivity contribution is 5.84. The van der Waals surface area contributed by atoms with Crippen LogP contribution in [0.1, 0.15) is 20.8 Å². The number of hydrogen-bond donors (Lipinski definition) is 1. The van der Waals surface area contributed by atoms with Gasteiger partial charge in [0.2, 0.25) is 0 Å². The molecule has 0 bridgehead atoms. The molecule has 0 saturated carbocycles. The van der Waals surface area contributed by atoms with E-state index >= 15 is 0 Å². The summed E-state index contributed by atoms with van der Waals surface area (Å²) in [6, 6.07) is 5.61. The number of carbonyl (C=O) groups excluding carboxylic acids is 2. The average Bonchev–Trinajstić information content (AvgIpc) is 2.34. The Morgan fingerprint density at radius 3 is 2.57 bits per heavy atom. The van der Waals surface area contributed by atoms with E-state index in [2.05, 4.69) is 10.1 Å². The molecule has 0 unspecified atom stereocenters. The van der Waals surface area contributed by atoms with Crippen molar-refractivity contribution in [3.05, 3.63) is 34.4 Å². The molecule has 21 heavy (non-hydrogen) atoms. The molecule has 0 aliphatic rings. The maximum atomic E-state index is 11.4. The minimum atomic E-state index is -1.09. The van der Waals surface area contributed by atoms with E-state index in [1.165, 1.54) is 18.2 Å². The molecule has 0 radical (unpaired) electrons. The number of hydrogen-bond acceptors (Lipinski definition) is 7. The Bertz CT molecular complexity index is 550. The summed E-state index contributed by atoms with van der Waals surface area (Å²) in [5.74, 6) is -0.851. The Hall–Kier alpha value is -2.64. The average molecular weight is 296 g/mol. The molecule has 8 nitrogen and oxygen atoms in total. The Morgan fingerprint density at radius 2 is 2.00 bits per heavy atom. The first-order valence-corrected chi connectivity index (χ1v) is 6.09. The molecule has 1 N–H and O–H groups in total. The van der Waals surface area contributed by atoms with E-state index in [4.69, 9.17) is 4.74 Å². The maximum absolute atomic E-state index is 11.4. The molecule has 0 amide bonds. The molecule has 0 heterocycles. The third kappa shape index (κ3) is 6.37. The molecule has 0 atom stereocenters. The number of nitro benzene ring substituents is 1. The van der Waals surface area contributed by atoms with E-state index in [9.17, 15) is 19.7 Å². The largest absolute Gasteiger partial charge is 0.516 e. The lowest BCUT2D eigenvalue weighted by atomic mass is 10.2. The van der Waals surface area contributed by atoms with Crippen molar-refractivity contribution < 1.29 is 24.0 Å². The second-order valence-electron chi connectivity index (χ2n) is 5.10. The number of esters is 1. The zero-order chi connectivity index (χ0) is 16.0. The first-order chi connectivity index (χ1) is 9.67. The molecule has 0 spiro atoms. The van der Waals surface area contributed by atoms with Crippen LogP contribution in [0, 0.1) is 10.1 Å². The quantitative estimate of drug-likeness (QED) is 0.393. The van der Waals surface area contributed by atoms with Crippen LogP contribution in [0.3, 0.4) is 0 Å². The number of benzene rings is 1. The fourth-order valence-electron chi connectivity index (χ4n) is 1.30. The number of carbonyl (C=O) groups is 2. The van der Waals surface area contributed by atoms with Gasteiger partial charge in [0.15, 0.2) is 0 Å². The third-order valence-corrected chi connectivity index (χ3v) is 2.08. The molecular formula is C13H16N2O6. The highest BCUT2D eigenvalue weighted by Gasteiger charge is 2.20. The van der Waals surface area contributed by atoms with Crippen LogP contribution in [0.5, 0.6) is 0 Å².